The van der Waals surface area contributed by atoms with Gasteiger partial charge < -0.3 is 20.1 Å². The first-order valence-electron chi connectivity index (χ1n) is 7.84. The minimum atomic E-state index is -0.444. The predicted molar refractivity (Wildman–Crippen MR) is 85.8 cm³/mol. The fourth-order valence-corrected chi connectivity index (χ4v) is 2.90. The van der Waals surface area contributed by atoms with E-state index in [2.05, 4.69) is 31.3 Å². The topological polar surface area (TPSA) is 61.8 Å². The molecule has 0 bridgehead atoms. The molecule has 1 aromatic carbocycles. The minimum Gasteiger partial charge on any atom is -0.393 e. The summed E-state index contributed by atoms with van der Waals surface area (Å²) < 4.78 is 5.43. The van der Waals surface area contributed by atoms with Crippen molar-refractivity contribution in [2.45, 2.75) is 45.9 Å². The van der Waals surface area contributed by atoms with Crippen LogP contribution in [0.5, 0.6) is 0 Å². The van der Waals surface area contributed by atoms with Gasteiger partial charge >= 0.3 is 6.03 Å². The molecule has 0 saturated carbocycles. The predicted octanol–water partition coefficient (Wildman–Crippen LogP) is 1.98. The highest BCUT2D eigenvalue weighted by Gasteiger charge is 2.28. The molecule has 1 aliphatic rings. The Morgan fingerprint density at radius 2 is 2.14 bits per heavy atom. The number of aliphatic hydroxyl groups is 1. The summed E-state index contributed by atoms with van der Waals surface area (Å²) >= 11 is 0. The number of carbonyl (C=O) groups is 1. The molecule has 0 spiro atoms. The molecule has 22 heavy (non-hydrogen) atoms. The van der Waals surface area contributed by atoms with Gasteiger partial charge in [-0.25, -0.2) is 4.79 Å². The first kappa shape index (κ1) is 16.8. The summed E-state index contributed by atoms with van der Waals surface area (Å²) in [4.78, 5) is 14.2. The van der Waals surface area contributed by atoms with Crippen LogP contribution in [0.25, 0.3) is 0 Å². The molecule has 0 unspecified atom stereocenters. The number of aryl methyl sites for hydroxylation is 2. The fraction of sp³-hybridized carbons (Fsp3) is 0.588. The summed E-state index contributed by atoms with van der Waals surface area (Å²) in [7, 11) is 0. The third-order valence-corrected chi connectivity index (χ3v) is 4.16. The Morgan fingerprint density at radius 1 is 1.45 bits per heavy atom. The van der Waals surface area contributed by atoms with Crippen LogP contribution in [-0.2, 0) is 11.3 Å². The molecule has 5 nitrogen and oxygen atoms in total. The highest BCUT2D eigenvalue weighted by Crippen LogP contribution is 2.15. The van der Waals surface area contributed by atoms with E-state index in [1.165, 1.54) is 11.1 Å². The van der Waals surface area contributed by atoms with E-state index in [4.69, 9.17) is 4.74 Å². The van der Waals surface area contributed by atoms with E-state index in [-0.39, 0.29) is 12.1 Å². The monoisotopic (exact) mass is 306 g/mol. The maximum absolute atomic E-state index is 12.5. The standard InChI is InChI=1S/C17H26N2O3/c1-12-5-4-6-13(2)16(12)10-18-17(21)19-7-8-22-11-15(19)9-14(3)20/h4-6,14-15,20H,7-11H2,1-3H3,(H,18,21)/t14-,15+/m1/s1. The summed E-state index contributed by atoms with van der Waals surface area (Å²) in [6.07, 6.45) is 0.0946. The molecule has 2 atom stereocenters. The smallest absolute Gasteiger partial charge is 0.318 e. The molecule has 2 N–H and O–H groups in total. The van der Waals surface area contributed by atoms with Gasteiger partial charge in [0.25, 0.3) is 0 Å². The zero-order valence-electron chi connectivity index (χ0n) is 13.6. The first-order chi connectivity index (χ1) is 10.5. The van der Waals surface area contributed by atoms with Crippen LogP contribution in [0.1, 0.15) is 30.0 Å². The Morgan fingerprint density at radius 3 is 2.77 bits per heavy atom. The number of carbonyl (C=O) groups excluding carboxylic acids is 1. The van der Waals surface area contributed by atoms with E-state index in [0.29, 0.717) is 32.7 Å². The van der Waals surface area contributed by atoms with E-state index >= 15 is 0 Å². The number of nitrogens with one attached hydrogen (secondary N) is 1. The molecular formula is C17H26N2O3. The third kappa shape index (κ3) is 4.21. The van der Waals surface area contributed by atoms with Crippen molar-refractivity contribution in [3.63, 3.8) is 0 Å². The van der Waals surface area contributed by atoms with E-state index in [1.807, 2.05) is 6.07 Å². The van der Waals surface area contributed by atoms with Gasteiger partial charge in [-0.2, -0.15) is 0 Å². The average Bonchev–Trinajstić information content (AvgIpc) is 2.46. The van der Waals surface area contributed by atoms with Crippen LogP contribution in [0.3, 0.4) is 0 Å². The van der Waals surface area contributed by atoms with Crippen molar-refractivity contribution in [3.8, 4) is 0 Å². The fourth-order valence-electron chi connectivity index (χ4n) is 2.90. The Kier molecular flexibility index (Phi) is 5.80. The van der Waals surface area contributed by atoms with Gasteiger partial charge in [0, 0.05) is 13.1 Å². The number of benzene rings is 1. The Hall–Kier alpha value is -1.59. The van der Waals surface area contributed by atoms with Gasteiger partial charge in [-0.05, 0) is 43.9 Å². The van der Waals surface area contributed by atoms with Crippen LogP contribution in [0.2, 0.25) is 0 Å². The Labute approximate surface area is 132 Å². The lowest BCUT2D eigenvalue weighted by Gasteiger charge is -2.36. The van der Waals surface area contributed by atoms with Crippen LogP contribution in [0.4, 0.5) is 4.79 Å². The highest BCUT2D eigenvalue weighted by molar-refractivity contribution is 5.74. The van der Waals surface area contributed by atoms with Crippen LogP contribution in [0, 0.1) is 13.8 Å². The molecule has 1 fully saturated rings. The number of ether oxygens (including phenoxy) is 1. The summed E-state index contributed by atoms with van der Waals surface area (Å²) in [6.45, 7) is 7.97. The second kappa shape index (κ2) is 7.61. The lowest BCUT2D eigenvalue weighted by molar-refractivity contribution is -0.00438. The zero-order chi connectivity index (χ0) is 16.1. The average molecular weight is 306 g/mol. The van der Waals surface area contributed by atoms with Crippen LogP contribution >= 0.6 is 0 Å². The molecule has 5 heteroatoms. The van der Waals surface area contributed by atoms with Crippen molar-refractivity contribution in [1.29, 1.82) is 0 Å². The summed E-state index contributed by atoms with van der Waals surface area (Å²) in [5.41, 5.74) is 3.53. The lowest BCUT2D eigenvalue weighted by atomic mass is 10.0. The number of urea groups is 1. The molecule has 1 aliphatic heterocycles. The zero-order valence-corrected chi connectivity index (χ0v) is 13.6. The minimum absolute atomic E-state index is 0.0632. The second-order valence-electron chi connectivity index (χ2n) is 6.04. The summed E-state index contributed by atoms with van der Waals surface area (Å²) in [5, 5.41) is 12.6. The van der Waals surface area contributed by atoms with Crippen LogP contribution < -0.4 is 5.32 Å². The Balaban J connectivity index is 1.98. The van der Waals surface area contributed by atoms with E-state index in [0.717, 1.165) is 5.56 Å². The number of morpholine rings is 1. The van der Waals surface area contributed by atoms with Gasteiger partial charge in [0.2, 0.25) is 0 Å². The number of nitrogens with zero attached hydrogens (tertiary/aromatic N) is 1. The second-order valence-corrected chi connectivity index (χ2v) is 6.04. The van der Waals surface area contributed by atoms with Gasteiger partial charge in [0.1, 0.15) is 0 Å². The van der Waals surface area contributed by atoms with Crippen molar-refractivity contribution < 1.29 is 14.6 Å². The van der Waals surface area contributed by atoms with Gasteiger partial charge in [-0.1, -0.05) is 18.2 Å². The molecule has 1 heterocycles. The SMILES string of the molecule is Cc1cccc(C)c1CNC(=O)N1CCOC[C@@H]1C[C@@H](C)O. The normalized spacial score (nSPS) is 19.8. The largest absolute Gasteiger partial charge is 0.393 e. The lowest BCUT2D eigenvalue weighted by Crippen LogP contribution is -2.53. The number of hydrogen-bond donors (Lipinski definition) is 2. The number of amides is 2. The molecule has 1 aromatic rings. The molecule has 1 saturated heterocycles. The highest BCUT2D eigenvalue weighted by atomic mass is 16.5. The molecule has 122 valence electrons. The van der Waals surface area contributed by atoms with E-state index < -0.39 is 6.10 Å². The van der Waals surface area contributed by atoms with Gasteiger partial charge in [-0.3, -0.25) is 0 Å². The van der Waals surface area contributed by atoms with Gasteiger partial charge in [0.15, 0.2) is 0 Å². The summed E-state index contributed by atoms with van der Waals surface area (Å²) in [5.74, 6) is 0. The van der Waals surface area contributed by atoms with Crippen LogP contribution in [-0.4, -0.2) is 47.9 Å². The third-order valence-electron chi connectivity index (χ3n) is 4.16. The summed E-state index contributed by atoms with van der Waals surface area (Å²) in [6, 6.07) is 5.98. The van der Waals surface area contributed by atoms with Crippen LogP contribution in [0.15, 0.2) is 18.2 Å². The van der Waals surface area contributed by atoms with Gasteiger partial charge in [-0.15, -0.1) is 0 Å². The van der Waals surface area contributed by atoms with Crippen molar-refractivity contribution in [3.05, 3.63) is 34.9 Å². The number of aliphatic hydroxyl groups excluding tert-OH is 1. The van der Waals surface area contributed by atoms with Crippen molar-refractivity contribution in [2.75, 3.05) is 19.8 Å². The van der Waals surface area contributed by atoms with Crippen molar-refractivity contribution >= 4 is 6.03 Å². The quantitative estimate of drug-likeness (QED) is 0.894. The number of rotatable bonds is 4. The first-order valence-corrected chi connectivity index (χ1v) is 7.84. The molecule has 0 aliphatic carbocycles. The Bertz CT molecular complexity index is 496. The van der Waals surface area contributed by atoms with Gasteiger partial charge in [0.05, 0.1) is 25.4 Å². The number of hydrogen-bond acceptors (Lipinski definition) is 3. The maximum Gasteiger partial charge on any atom is 0.318 e. The van der Waals surface area contributed by atoms with E-state index in [1.54, 1.807) is 11.8 Å². The molecule has 2 rings (SSSR count). The van der Waals surface area contributed by atoms with Crippen molar-refractivity contribution in [2.24, 2.45) is 0 Å². The molecule has 0 aromatic heterocycles. The van der Waals surface area contributed by atoms with E-state index in [9.17, 15) is 9.90 Å². The molecule has 2 amide bonds. The van der Waals surface area contributed by atoms with Crippen molar-refractivity contribution in [1.82, 2.24) is 10.2 Å². The maximum atomic E-state index is 12.5. The molecular weight excluding hydrogens is 280 g/mol. The molecule has 0 radical (unpaired) electrons.